The highest BCUT2D eigenvalue weighted by atomic mass is 32.2. The Morgan fingerprint density at radius 1 is 0.816 bits per heavy atom. The van der Waals surface area contributed by atoms with Gasteiger partial charge < -0.3 is 16.0 Å². The Morgan fingerprint density at radius 3 is 2.35 bits per heavy atom. The maximum atomic E-state index is 13.4. The molecule has 3 amide bonds. The lowest BCUT2D eigenvalue weighted by Gasteiger charge is -2.12. The van der Waals surface area contributed by atoms with E-state index in [4.69, 9.17) is 0 Å². The largest absolute Gasteiger partial charge is 0.321 e. The van der Waals surface area contributed by atoms with E-state index in [9.17, 15) is 24.5 Å². The van der Waals surface area contributed by atoms with E-state index in [0.717, 1.165) is 26.9 Å². The third kappa shape index (κ3) is 8.63. The first-order chi connectivity index (χ1) is 23.8. The van der Waals surface area contributed by atoms with Gasteiger partial charge in [0.1, 0.15) is 5.70 Å². The number of thiazole rings is 1. The van der Waals surface area contributed by atoms with E-state index in [1.165, 1.54) is 53.4 Å². The fraction of sp³-hybridized carbons (Fsp3) is 0.0270. The van der Waals surface area contributed by atoms with Crippen molar-refractivity contribution in [2.24, 2.45) is 0 Å². The van der Waals surface area contributed by atoms with Gasteiger partial charge in [0.05, 0.1) is 16.4 Å². The molecule has 1 aromatic heterocycles. The van der Waals surface area contributed by atoms with Gasteiger partial charge in [-0.2, -0.15) is 0 Å². The van der Waals surface area contributed by atoms with Crippen LogP contribution in [0.25, 0.3) is 28.1 Å². The average Bonchev–Trinajstić information content (AvgIpc) is 3.59. The Hall–Kier alpha value is -6.11. The molecule has 0 aliphatic rings. The molecule has 242 valence electrons. The Morgan fingerprint density at radius 2 is 1.57 bits per heavy atom. The summed E-state index contributed by atoms with van der Waals surface area (Å²) in [4.78, 5) is 55.0. The second kappa shape index (κ2) is 15.2. The van der Waals surface area contributed by atoms with E-state index in [-0.39, 0.29) is 23.0 Å². The van der Waals surface area contributed by atoms with Crippen LogP contribution in [0.4, 0.5) is 16.5 Å². The fourth-order valence-electron chi connectivity index (χ4n) is 4.78. The molecular weight excluding hydrogens is 659 g/mol. The molecular formula is C37H27N5O5S2. The van der Waals surface area contributed by atoms with E-state index in [0.29, 0.717) is 21.9 Å². The van der Waals surface area contributed by atoms with Crippen molar-refractivity contribution >= 4 is 74.2 Å². The Labute approximate surface area is 289 Å². The van der Waals surface area contributed by atoms with Crippen molar-refractivity contribution in [3.05, 3.63) is 154 Å². The third-order valence-corrected chi connectivity index (χ3v) is 8.95. The van der Waals surface area contributed by atoms with Crippen molar-refractivity contribution in [3.63, 3.8) is 0 Å². The molecule has 1 heterocycles. The molecule has 3 N–H and O–H groups in total. The van der Waals surface area contributed by atoms with E-state index < -0.39 is 16.7 Å². The maximum absolute atomic E-state index is 13.4. The summed E-state index contributed by atoms with van der Waals surface area (Å²) < 4.78 is 0. The molecule has 0 bridgehead atoms. The number of benzene rings is 5. The summed E-state index contributed by atoms with van der Waals surface area (Å²) in [5.74, 6) is -1.21. The number of aromatic nitrogens is 1. The zero-order valence-corrected chi connectivity index (χ0v) is 27.3. The Balaban J connectivity index is 1.09. The third-order valence-electron chi connectivity index (χ3n) is 7.20. The summed E-state index contributed by atoms with van der Waals surface area (Å²) in [6.45, 7) is 0. The number of carbonyl (C=O) groups excluding carboxylic acids is 3. The second-order valence-corrected chi connectivity index (χ2v) is 12.6. The zero-order valence-electron chi connectivity index (χ0n) is 25.7. The van der Waals surface area contributed by atoms with Gasteiger partial charge in [0.25, 0.3) is 17.5 Å². The van der Waals surface area contributed by atoms with Gasteiger partial charge in [-0.3, -0.25) is 24.5 Å². The monoisotopic (exact) mass is 685 g/mol. The molecule has 0 fully saturated rings. The van der Waals surface area contributed by atoms with Gasteiger partial charge in [0, 0.05) is 39.2 Å². The molecule has 49 heavy (non-hydrogen) atoms. The fourth-order valence-corrected chi connectivity index (χ4v) is 6.27. The highest BCUT2D eigenvalue weighted by molar-refractivity contribution is 8.00. The number of amides is 3. The highest BCUT2D eigenvalue weighted by Gasteiger charge is 2.16. The van der Waals surface area contributed by atoms with Crippen LogP contribution in [0.5, 0.6) is 0 Å². The van der Waals surface area contributed by atoms with Crippen molar-refractivity contribution in [2.45, 2.75) is 4.90 Å². The van der Waals surface area contributed by atoms with E-state index >= 15 is 0 Å². The minimum absolute atomic E-state index is 0.0633. The topological polar surface area (TPSA) is 143 Å². The van der Waals surface area contributed by atoms with Crippen molar-refractivity contribution in [1.82, 2.24) is 10.3 Å². The molecule has 0 saturated carbocycles. The number of non-ortho nitro benzene ring substituents is 1. The average molecular weight is 686 g/mol. The second-order valence-electron chi connectivity index (χ2n) is 10.6. The number of nitro benzene ring substituents is 1. The van der Waals surface area contributed by atoms with Crippen LogP contribution >= 0.6 is 23.1 Å². The first kappa shape index (κ1) is 32.8. The number of nitrogens with zero attached hydrogens (tertiary/aromatic N) is 2. The molecule has 0 radical (unpaired) electrons. The van der Waals surface area contributed by atoms with Gasteiger partial charge in [-0.25, -0.2) is 4.98 Å². The lowest BCUT2D eigenvalue weighted by atomic mass is 10.1. The molecule has 0 aliphatic heterocycles. The number of fused-ring (bicyclic) bond motifs is 1. The molecule has 0 saturated heterocycles. The van der Waals surface area contributed by atoms with E-state index in [1.807, 2.05) is 41.8 Å². The number of anilines is 2. The molecule has 6 rings (SSSR count). The Kier molecular flexibility index (Phi) is 10.2. The van der Waals surface area contributed by atoms with Gasteiger partial charge in [-0.15, -0.1) is 23.1 Å². The standard InChI is InChI=1S/C37H27N5O5S2/c43-34(41-37-40-33(22-49-37)28-16-15-25-7-4-5-10-27(25)20-28)23-48-31-12-6-11-29(21-31)38-36(45)32(39-35(44)26-8-2-1-3-9-26)19-24-13-17-30(18-14-24)42(46)47/h1-22H,23H2,(H,38,45)(H,39,44)(H,40,41,43)/b32-19+. The van der Waals surface area contributed by atoms with Gasteiger partial charge in [0.15, 0.2) is 5.13 Å². The van der Waals surface area contributed by atoms with Crippen LogP contribution in [-0.2, 0) is 9.59 Å². The predicted molar refractivity (Wildman–Crippen MR) is 194 cm³/mol. The molecule has 0 spiro atoms. The van der Waals surface area contributed by atoms with Crippen LogP contribution in [0.3, 0.4) is 0 Å². The van der Waals surface area contributed by atoms with Crippen LogP contribution in [0.1, 0.15) is 15.9 Å². The zero-order chi connectivity index (χ0) is 34.2. The van der Waals surface area contributed by atoms with Gasteiger partial charge in [-0.05, 0) is 70.9 Å². The van der Waals surface area contributed by atoms with Crippen molar-refractivity contribution in [3.8, 4) is 11.3 Å². The van der Waals surface area contributed by atoms with Gasteiger partial charge in [-0.1, -0.05) is 60.7 Å². The number of carbonyl (C=O) groups is 3. The van der Waals surface area contributed by atoms with Crippen molar-refractivity contribution in [2.75, 3.05) is 16.4 Å². The summed E-state index contributed by atoms with van der Waals surface area (Å²) in [5.41, 5.74) is 2.86. The van der Waals surface area contributed by atoms with Crippen molar-refractivity contribution in [1.29, 1.82) is 0 Å². The number of rotatable bonds is 11. The molecule has 0 atom stereocenters. The van der Waals surface area contributed by atoms with Gasteiger partial charge >= 0.3 is 0 Å². The van der Waals surface area contributed by atoms with Crippen molar-refractivity contribution < 1.29 is 19.3 Å². The molecule has 10 nitrogen and oxygen atoms in total. The van der Waals surface area contributed by atoms with Crippen LogP contribution in [-0.4, -0.2) is 33.4 Å². The summed E-state index contributed by atoms with van der Waals surface area (Å²) in [6.07, 6.45) is 1.44. The maximum Gasteiger partial charge on any atom is 0.272 e. The van der Waals surface area contributed by atoms with Crippen LogP contribution in [0, 0.1) is 10.1 Å². The first-order valence-electron chi connectivity index (χ1n) is 14.9. The predicted octanol–water partition coefficient (Wildman–Crippen LogP) is 8.01. The quantitative estimate of drug-likeness (QED) is 0.0543. The van der Waals surface area contributed by atoms with E-state index in [2.05, 4.69) is 33.1 Å². The molecule has 0 unspecified atom stereocenters. The minimum atomic E-state index is -0.603. The van der Waals surface area contributed by atoms with Crippen LogP contribution in [0.15, 0.2) is 137 Å². The summed E-state index contributed by atoms with van der Waals surface area (Å²) >= 11 is 2.64. The number of nitro groups is 1. The normalized spacial score (nSPS) is 11.1. The van der Waals surface area contributed by atoms with Crippen LogP contribution in [0.2, 0.25) is 0 Å². The molecule has 0 aliphatic carbocycles. The molecule has 5 aromatic carbocycles. The first-order valence-corrected chi connectivity index (χ1v) is 16.8. The molecule has 6 aromatic rings. The lowest BCUT2D eigenvalue weighted by molar-refractivity contribution is -0.384. The van der Waals surface area contributed by atoms with E-state index in [1.54, 1.807) is 48.5 Å². The lowest BCUT2D eigenvalue weighted by Crippen LogP contribution is -2.30. The number of nitrogens with one attached hydrogen (secondary N) is 3. The van der Waals surface area contributed by atoms with Gasteiger partial charge in [0.2, 0.25) is 5.91 Å². The summed E-state index contributed by atoms with van der Waals surface area (Å²) in [5, 5.41) is 24.0. The Bertz CT molecular complexity index is 2200. The highest BCUT2D eigenvalue weighted by Crippen LogP contribution is 2.28. The molecule has 12 heteroatoms. The SMILES string of the molecule is O=C(CSc1cccc(NC(=O)/C(=C\c2ccc([N+](=O)[O-])cc2)NC(=O)c2ccccc2)c1)Nc1nc(-c2ccc3ccccc3c2)cs1. The van der Waals surface area contributed by atoms with Crippen LogP contribution < -0.4 is 16.0 Å². The number of hydrogen-bond acceptors (Lipinski definition) is 8. The minimum Gasteiger partial charge on any atom is -0.321 e. The smallest absolute Gasteiger partial charge is 0.272 e. The number of hydrogen-bond donors (Lipinski definition) is 3. The summed E-state index contributed by atoms with van der Waals surface area (Å²) in [7, 11) is 0. The number of thioether (sulfide) groups is 1. The summed E-state index contributed by atoms with van der Waals surface area (Å²) in [6, 6.07) is 35.2.